The number of benzene rings is 1. The zero-order valence-corrected chi connectivity index (χ0v) is 12.2. The van der Waals surface area contributed by atoms with Crippen LogP contribution in [-0.2, 0) is 4.74 Å². The van der Waals surface area contributed by atoms with E-state index in [0.717, 1.165) is 12.1 Å². The first-order valence-electron chi connectivity index (χ1n) is 6.50. The Hall–Kier alpha value is -2.15. The van der Waals surface area contributed by atoms with Gasteiger partial charge in [-0.2, -0.15) is 0 Å². The van der Waals surface area contributed by atoms with Crippen molar-refractivity contribution in [2.75, 3.05) is 25.6 Å². The van der Waals surface area contributed by atoms with Crippen molar-refractivity contribution >= 4 is 17.7 Å². The van der Waals surface area contributed by atoms with Gasteiger partial charge in [0.05, 0.1) is 18.2 Å². The van der Waals surface area contributed by atoms with E-state index < -0.39 is 23.4 Å². The van der Waals surface area contributed by atoms with Crippen LogP contribution in [-0.4, -0.2) is 48.3 Å². The van der Waals surface area contributed by atoms with Crippen LogP contribution < -0.4 is 5.32 Å². The Morgan fingerprint density at radius 3 is 2.67 bits per heavy atom. The molecule has 1 rings (SSSR count). The summed E-state index contributed by atoms with van der Waals surface area (Å²) >= 11 is 0. The fourth-order valence-corrected chi connectivity index (χ4v) is 1.95. The predicted octanol–water partition coefficient (Wildman–Crippen LogP) is 2.41. The molecule has 21 heavy (non-hydrogen) atoms. The second-order valence-corrected chi connectivity index (χ2v) is 4.52. The monoisotopic (exact) mass is 298 g/mol. The second kappa shape index (κ2) is 7.58. The molecular formula is C14H19FN2O4. The summed E-state index contributed by atoms with van der Waals surface area (Å²) in [5.74, 6) is -2.23. The molecule has 116 valence electrons. The van der Waals surface area contributed by atoms with Gasteiger partial charge >= 0.3 is 12.0 Å². The first kappa shape index (κ1) is 16.9. The molecule has 1 unspecified atom stereocenters. The number of ether oxygens (including phenoxy) is 1. The van der Waals surface area contributed by atoms with Crippen molar-refractivity contribution in [3.63, 3.8) is 0 Å². The molecule has 0 radical (unpaired) electrons. The standard InChI is InChI=1S/C14H19FN2O4/c1-4-17(9(2)8-21-3)14(20)16-10-5-6-12(15)11(7-10)13(18)19/h5-7,9H,4,8H2,1-3H3,(H,16,20)(H,18,19). The zero-order valence-electron chi connectivity index (χ0n) is 12.2. The number of carboxylic acid groups (broad SMARTS) is 1. The fourth-order valence-electron chi connectivity index (χ4n) is 1.95. The summed E-state index contributed by atoms with van der Waals surface area (Å²) in [5, 5.41) is 11.4. The summed E-state index contributed by atoms with van der Waals surface area (Å²) in [6.07, 6.45) is 0. The highest BCUT2D eigenvalue weighted by molar-refractivity contribution is 5.93. The number of hydrogen-bond donors (Lipinski definition) is 2. The predicted molar refractivity (Wildman–Crippen MR) is 76.1 cm³/mol. The Bertz CT molecular complexity index is 522. The number of aromatic carboxylic acids is 1. The van der Waals surface area contributed by atoms with Crippen LogP contribution in [0.5, 0.6) is 0 Å². The smallest absolute Gasteiger partial charge is 0.338 e. The number of likely N-dealkylation sites (N-methyl/N-ethyl adjacent to an activating group) is 1. The van der Waals surface area contributed by atoms with E-state index in [1.54, 1.807) is 7.11 Å². The summed E-state index contributed by atoms with van der Waals surface area (Å²) in [5.41, 5.74) is -0.261. The molecule has 2 N–H and O–H groups in total. The van der Waals surface area contributed by atoms with Crippen LogP contribution in [0.15, 0.2) is 18.2 Å². The van der Waals surface area contributed by atoms with E-state index in [1.807, 2.05) is 13.8 Å². The largest absolute Gasteiger partial charge is 0.478 e. The third kappa shape index (κ3) is 4.42. The van der Waals surface area contributed by atoms with Crippen molar-refractivity contribution in [1.29, 1.82) is 0 Å². The van der Waals surface area contributed by atoms with Crippen molar-refractivity contribution in [3.8, 4) is 0 Å². The van der Waals surface area contributed by atoms with E-state index >= 15 is 0 Å². The first-order chi connectivity index (χ1) is 9.90. The van der Waals surface area contributed by atoms with Crippen LogP contribution in [0.4, 0.5) is 14.9 Å². The molecule has 1 atom stereocenters. The van der Waals surface area contributed by atoms with Gasteiger partial charge in [0.25, 0.3) is 0 Å². The van der Waals surface area contributed by atoms with Gasteiger partial charge in [0, 0.05) is 19.3 Å². The maximum absolute atomic E-state index is 13.3. The number of halogens is 1. The summed E-state index contributed by atoms with van der Waals surface area (Å²) in [7, 11) is 1.54. The van der Waals surface area contributed by atoms with E-state index in [2.05, 4.69) is 5.32 Å². The molecule has 0 bridgehead atoms. The average Bonchev–Trinajstić information content (AvgIpc) is 2.41. The number of hydrogen-bond acceptors (Lipinski definition) is 3. The van der Waals surface area contributed by atoms with Crippen LogP contribution in [0, 0.1) is 5.82 Å². The van der Waals surface area contributed by atoms with Gasteiger partial charge in [0.1, 0.15) is 5.82 Å². The highest BCUT2D eigenvalue weighted by Crippen LogP contribution is 2.16. The van der Waals surface area contributed by atoms with Crippen molar-refractivity contribution in [2.45, 2.75) is 19.9 Å². The second-order valence-electron chi connectivity index (χ2n) is 4.52. The molecule has 0 saturated heterocycles. The minimum absolute atomic E-state index is 0.139. The van der Waals surface area contributed by atoms with Crippen LogP contribution >= 0.6 is 0 Å². The molecular weight excluding hydrogens is 279 g/mol. The number of nitrogens with one attached hydrogen (secondary N) is 1. The number of amides is 2. The highest BCUT2D eigenvalue weighted by atomic mass is 19.1. The molecule has 0 aliphatic carbocycles. The van der Waals surface area contributed by atoms with Crippen molar-refractivity contribution < 1.29 is 23.8 Å². The lowest BCUT2D eigenvalue weighted by molar-refractivity contribution is 0.0692. The Labute approximate surface area is 122 Å². The van der Waals surface area contributed by atoms with Crippen LogP contribution in [0.2, 0.25) is 0 Å². The van der Waals surface area contributed by atoms with Crippen LogP contribution in [0.3, 0.4) is 0 Å². The van der Waals surface area contributed by atoms with E-state index in [0.29, 0.717) is 13.2 Å². The van der Waals surface area contributed by atoms with Gasteiger partial charge in [-0.05, 0) is 32.0 Å². The van der Waals surface area contributed by atoms with E-state index in [-0.39, 0.29) is 11.7 Å². The number of rotatable bonds is 6. The maximum Gasteiger partial charge on any atom is 0.338 e. The minimum Gasteiger partial charge on any atom is -0.478 e. The summed E-state index contributed by atoms with van der Waals surface area (Å²) < 4.78 is 18.3. The number of methoxy groups -OCH3 is 1. The Kier molecular flexibility index (Phi) is 6.10. The number of carbonyl (C=O) groups excluding carboxylic acids is 1. The molecule has 0 saturated carbocycles. The summed E-state index contributed by atoms with van der Waals surface area (Å²) in [4.78, 5) is 24.5. The van der Waals surface area contributed by atoms with Gasteiger partial charge in [-0.25, -0.2) is 14.0 Å². The zero-order chi connectivity index (χ0) is 16.0. The van der Waals surface area contributed by atoms with Crippen LogP contribution in [0.25, 0.3) is 0 Å². The lowest BCUT2D eigenvalue weighted by Crippen LogP contribution is -2.43. The Morgan fingerprint density at radius 1 is 1.48 bits per heavy atom. The molecule has 0 aliphatic heterocycles. The van der Waals surface area contributed by atoms with Crippen LogP contribution in [0.1, 0.15) is 24.2 Å². The number of carboxylic acids is 1. The van der Waals surface area contributed by atoms with Crippen molar-refractivity contribution in [3.05, 3.63) is 29.6 Å². The maximum atomic E-state index is 13.3. The number of carbonyl (C=O) groups is 2. The molecule has 7 heteroatoms. The molecule has 0 aliphatic rings. The lowest BCUT2D eigenvalue weighted by Gasteiger charge is -2.27. The van der Waals surface area contributed by atoms with Gasteiger partial charge in [0.2, 0.25) is 0 Å². The van der Waals surface area contributed by atoms with Crippen molar-refractivity contribution in [1.82, 2.24) is 4.90 Å². The minimum atomic E-state index is -1.39. The molecule has 1 aromatic rings. The molecule has 2 amide bonds. The molecule has 0 fully saturated rings. The Balaban J connectivity index is 2.87. The number of anilines is 1. The topological polar surface area (TPSA) is 78.9 Å². The van der Waals surface area contributed by atoms with Gasteiger partial charge in [-0.3, -0.25) is 0 Å². The molecule has 0 spiro atoms. The normalized spacial score (nSPS) is 11.8. The summed E-state index contributed by atoms with van der Waals surface area (Å²) in [6, 6.07) is 2.87. The van der Waals surface area contributed by atoms with Gasteiger partial charge in [-0.1, -0.05) is 0 Å². The number of urea groups is 1. The third-order valence-corrected chi connectivity index (χ3v) is 2.99. The molecule has 0 aromatic heterocycles. The van der Waals surface area contributed by atoms with Crippen molar-refractivity contribution in [2.24, 2.45) is 0 Å². The fraction of sp³-hybridized carbons (Fsp3) is 0.429. The SMILES string of the molecule is CCN(C(=O)Nc1ccc(F)c(C(=O)O)c1)C(C)COC. The highest BCUT2D eigenvalue weighted by Gasteiger charge is 2.19. The first-order valence-corrected chi connectivity index (χ1v) is 6.50. The summed E-state index contributed by atoms with van der Waals surface area (Å²) in [6.45, 7) is 4.49. The van der Waals surface area contributed by atoms with E-state index in [1.165, 1.54) is 11.0 Å². The lowest BCUT2D eigenvalue weighted by atomic mass is 10.2. The molecule has 0 heterocycles. The quantitative estimate of drug-likeness (QED) is 0.845. The molecule has 6 nitrogen and oxygen atoms in total. The van der Waals surface area contributed by atoms with Gasteiger partial charge in [-0.15, -0.1) is 0 Å². The Morgan fingerprint density at radius 2 is 2.14 bits per heavy atom. The van der Waals surface area contributed by atoms with E-state index in [4.69, 9.17) is 9.84 Å². The third-order valence-electron chi connectivity index (χ3n) is 2.99. The van der Waals surface area contributed by atoms with Gasteiger partial charge in [0.15, 0.2) is 0 Å². The van der Waals surface area contributed by atoms with Gasteiger partial charge < -0.3 is 20.1 Å². The van der Waals surface area contributed by atoms with E-state index in [9.17, 15) is 14.0 Å². The number of nitrogens with zero attached hydrogens (tertiary/aromatic N) is 1. The average molecular weight is 298 g/mol. The molecule has 1 aromatic carbocycles.